The number of nitrogens with zero attached hydrogens (tertiary/aromatic N) is 1. The number of thiazole rings is 1. The quantitative estimate of drug-likeness (QED) is 0.883. The number of aryl methyl sites for hydroxylation is 2. The predicted octanol–water partition coefficient (Wildman–Crippen LogP) is 1.22. The number of amides is 1. The summed E-state index contributed by atoms with van der Waals surface area (Å²) in [5.74, 6) is -0.0198. The molecule has 1 aromatic rings. The molecule has 1 amide bonds. The van der Waals surface area contributed by atoms with Gasteiger partial charge in [-0.3, -0.25) is 4.79 Å². The molecule has 106 valence electrons. The smallest absolute Gasteiger partial charge is 0.226 e. The molecular weight excluding hydrogens is 264 g/mol. The molecule has 2 atom stereocenters. The van der Waals surface area contributed by atoms with Crippen LogP contribution in [0.25, 0.3) is 0 Å². The molecule has 1 aliphatic rings. The van der Waals surface area contributed by atoms with Crippen molar-refractivity contribution in [3.8, 4) is 0 Å². The largest absolute Gasteiger partial charge is 0.376 e. The van der Waals surface area contributed by atoms with E-state index in [1.165, 1.54) is 0 Å². The normalized spacial score (nSPS) is 22.7. The first kappa shape index (κ1) is 14.4. The standard InChI is InChI=1S/C13H20N2O3S/c1-4-18-12-7-17-6-11(12)15-13(16)5-10-8(2)19-9(3)14-10/h11-12H,4-7H2,1-3H3,(H,15,16)/t11-,12-/m1/s1. The summed E-state index contributed by atoms with van der Waals surface area (Å²) in [5, 5.41) is 3.97. The van der Waals surface area contributed by atoms with Gasteiger partial charge in [0, 0.05) is 11.5 Å². The molecule has 1 saturated heterocycles. The van der Waals surface area contributed by atoms with Crippen molar-refractivity contribution in [1.82, 2.24) is 10.3 Å². The third-order valence-electron chi connectivity index (χ3n) is 3.08. The summed E-state index contributed by atoms with van der Waals surface area (Å²) in [6, 6.07) is -0.0486. The molecule has 1 N–H and O–H groups in total. The van der Waals surface area contributed by atoms with Crippen LogP contribution in [0.1, 0.15) is 22.5 Å². The maximum Gasteiger partial charge on any atom is 0.226 e. The van der Waals surface area contributed by atoms with E-state index in [9.17, 15) is 4.79 Å². The number of ether oxygens (including phenoxy) is 2. The van der Waals surface area contributed by atoms with Gasteiger partial charge in [-0.05, 0) is 20.8 Å². The van der Waals surface area contributed by atoms with E-state index in [0.717, 1.165) is 15.6 Å². The fourth-order valence-electron chi connectivity index (χ4n) is 2.19. The zero-order chi connectivity index (χ0) is 13.8. The number of hydrogen-bond acceptors (Lipinski definition) is 5. The summed E-state index contributed by atoms with van der Waals surface area (Å²) in [6.07, 6.45) is 0.290. The molecule has 2 rings (SSSR count). The van der Waals surface area contributed by atoms with Crippen LogP contribution in [0.5, 0.6) is 0 Å². The Kier molecular flexibility index (Phi) is 4.90. The number of carbonyl (C=O) groups excluding carboxylic acids is 1. The lowest BCUT2D eigenvalue weighted by Crippen LogP contribution is -2.44. The van der Waals surface area contributed by atoms with Crippen molar-refractivity contribution in [2.45, 2.75) is 39.3 Å². The van der Waals surface area contributed by atoms with E-state index in [1.54, 1.807) is 11.3 Å². The molecule has 0 bridgehead atoms. The Bertz CT molecular complexity index is 447. The van der Waals surface area contributed by atoms with E-state index < -0.39 is 0 Å². The van der Waals surface area contributed by atoms with Crippen LogP contribution in [-0.2, 0) is 20.7 Å². The van der Waals surface area contributed by atoms with Gasteiger partial charge in [0.15, 0.2) is 0 Å². The highest BCUT2D eigenvalue weighted by Crippen LogP contribution is 2.17. The molecule has 1 aromatic heterocycles. The van der Waals surface area contributed by atoms with Crippen molar-refractivity contribution >= 4 is 17.2 Å². The maximum atomic E-state index is 12.0. The van der Waals surface area contributed by atoms with E-state index in [2.05, 4.69) is 10.3 Å². The van der Waals surface area contributed by atoms with E-state index in [-0.39, 0.29) is 18.1 Å². The molecule has 0 saturated carbocycles. The van der Waals surface area contributed by atoms with Crippen LogP contribution < -0.4 is 5.32 Å². The van der Waals surface area contributed by atoms with Gasteiger partial charge in [0.1, 0.15) is 6.10 Å². The molecule has 2 heterocycles. The molecule has 5 nitrogen and oxygen atoms in total. The topological polar surface area (TPSA) is 60.5 Å². The molecule has 0 spiro atoms. The van der Waals surface area contributed by atoms with Crippen LogP contribution in [0.4, 0.5) is 0 Å². The van der Waals surface area contributed by atoms with Crippen molar-refractivity contribution in [1.29, 1.82) is 0 Å². The van der Waals surface area contributed by atoms with Gasteiger partial charge in [-0.15, -0.1) is 11.3 Å². The molecule has 0 radical (unpaired) electrons. The molecule has 6 heteroatoms. The summed E-state index contributed by atoms with van der Waals surface area (Å²) in [7, 11) is 0. The lowest BCUT2D eigenvalue weighted by Gasteiger charge is -2.18. The van der Waals surface area contributed by atoms with Crippen LogP contribution in [0.15, 0.2) is 0 Å². The molecule has 0 aliphatic carbocycles. The highest BCUT2D eigenvalue weighted by molar-refractivity contribution is 7.11. The average molecular weight is 284 g/mol. The van der Waals surface area contributed by atoms with Gasteiger partial charge in [0.25, 0.3) is 0 Å². The molecule has 0 aromatic carbocycles. The fourth-order valence-corrected chi connectivity index (χ4v) is 3.03. The summed E-state index contributed by atoms with van der Waals surface area (Å²) in [5.41, 5.74) is 0.867. The third kappa shape index (κ3) is 3.75. The molecule has 1 aliphatic heterocycles. The summed E-state index contributed by atoms with van der Waals surface area (Å²) < 4.78 is 10.9. The monoisotopic (exact) mass is 284 g/mol. The van der Waals surface area contributed by atoms with Gasteiger partial charge in [-0.2, -0.15) is 0 Å². The summed E-state index contributed by atoms with van der Waals surface area (Å²) >= 11 is 1.62. The third-order valence-corrected chi connectivity index (χ3v) is 4.01. The number of carbonyl (C=O) groups is 1. The minimum absolute atomic E-state index is 0.0198. The second-order valence-electron chi connectivity index (χ2n) is 4.62. The average Bonchev–Trinajstić information content (AvgIpc) is 2.88. The Morgan fingerprint density at radius 3 is 2.95 bits per heavy atom. The number of rotatable bonds is 5. The number of nitrogens with one attached hydrogen (secondary N) is 1. The van der Waals surface area contributed by atoms with Crippen LogP contribution in [0.2, 0.25) is 0 Å². The van der Waals surface area contributed by atoms with Gasteiger partial charge in [0.2, 0.25) is 5.91 Å². The fraction of sp³-hybridized carbons (Fsp3) is 0.692. The van der Waals surface area contributed by atoms with Crippen LogP contribution in [0.3, 0.4) is 0 Å². The van der Waals surface area contributed by atoms with Crippen LogP contribution >= 0.6 is 11.3 Å². The van der Waals surface area contributed by atoms with E-state index in [0.29, 0.717) is 26.2 Å². The van der Waals surface area contributed by atoms with Gasteiger partial charge >= 0.3 is 0 Å². The van der Waals surface area contributed by atoms with Gasteiger partial charge < -0.3 is 14.8 Å². The SMILES string of the molecule is CCO[C@@H]1COC[C@H]1NC(=O)Cc1nc(C)sc1C. The first-order valence-electron chi connectivity index (χ1n) is 6.51. The minimum Gasteiger partial charge on any atom is -0.376 e. The Morgan fingerprint density at radius 1 is 1.53 bits per heavy atom. The molecule has 0 unspecified atom stereocenters. The van der Waals surface area contributed by atoms with E-state index in [4.69, 9.17) is 9.47 Å². The van der Waals surface area contributed by atoms with Crippen molar-refractivity contribution in [2.24, 2.45) is 0 Å². The maximum absolute atomic E-state index is 12.0. The van der Waals surface area contributed by atoms with Gasteiger partial charge in [0.05, 0.1) is 36.4 Å². The molecule has 1 fully saturated rings. The second-order valence-corrected chi connectivity index (χ2v) is 6.03. The van der Waals surface area contributed by atoms with Gasteiger partial charge in [-0.25, -0.2) is 4.98 Å². The summed E-state index contributed by atoms with van der Waals surface area (Å²) in [6.45, 7) is 7.59. The van der Waals surface area contributed by atoms with Crippen molar-refractivity contribution in [3.63, 3.8) is 0 Å². The Labute approximate surface area is 117 Å². The Balaban J connectivity index is 1.89. The Hall–Kier alpha value is -0.980. The zero-order valence-electron chi connectivity index (χ0n) is 11.6. The van der Waals surface area contributed by atoms with Crippen molar-refractivity contribution in [3.05, 3.63) is 15.6 Å². The number of hydrogen-bond donors (Lipinski definition) is 1. The van der Waals surface area contributed by atoms with E-state index >= 15 is 0 Å². The van der Waals surface area contributed by atoms with Crippen LogP contribution in [-0.4, -0.2) is 42.9 Å². The van der Waals surface area contributed by atoms with E-state index in [1.807, 2.05) is 20.8 Å². The summed E-state index contributed by atoms with van der Waals surface area (Å²) in [4.78, 5) is 17.5. The highest BCUT2D eigenvalue weighted by atomic mass is 32.1. The molecule has 19 heavy (non-hydrogen) atoms. The highest BCUT2D eigenvalue weighted by Gasteiger charge is 2.30. The minimum atomic E-state index is -0.0486. The van der Waals surface area contributed by atoms with Gasteiger partial charge in [-0.1, -0.05) is 0 Å². The van der Waals surface area contributed by atoms with Crippen LogP contribution in [0, 0.1) is 13.8 Å². The molecular formula is C13H20N2O3S. The van der Waals surface area contributed by atoms with Crippen molar-refractivity contribution in [2.75, 3.05) is 19.8 Å². The zero-order valence-corrected chi connectivity index (χ0v) is 12.4. The predicted molar refractivity (Wildman–Crippen MR) is 73.5 cm³/mol. The number of aromatic nitrogens is 1. The second kappa shape index (κ2) is 6.45. The lowest BCUT2D eigenvalue weighted by molar-refractivity contribution is -0.122. The first-order chi connectivity index (χ1) is 9.10. The Morgan fingerprint density at radius 2 is 2.32 bits per heavy atom. The van der Waals surface area contributed by atoms with Crippen molar-refractivity contribution < 1.29 is 14.3 Å². The first-order valence-corrected chi connectivity index (χ1v) is 7.33. The lowest BCUT2D eigenvalue weighted by atomic mass is 10.2.